The monoisotopic (exact) mass is 302 g/mol. The molecule has 5 nitrogen and oxygen atoms in total. The van der Waals surface area contributed by atoms with Crippen LogP contribution in [-0.4, -0.2) is 67.0 Å². The van der Waals surface area contributed by atoms with Crippen LogP contribution in [0.15, 0.2) is 18.3 Å². The maximum Gasteiger partial charge on any atom is 0.257 e. The summed E-state index contributed by atoms with van der Waals surface area (Å²) in [5, 5.41) is 0. The Kier molecular flexibility index (Phi) is 4.93. The van der Waals surface area contributed by atoms with Crippen LogP contribution in [-0.2, 0) is 0 Å². The number of piperazine rings is 1. The van der Waals surface area contributed by atoms with Crippen molar-refractivity contribution in [1.82, 2.24) is 14.8 Å². The van der Waals surface area contributed by atoms with Crippen molar-refractivity contribution in [3.05, 3.63) is 23.9 Å². The molecule has 2 aliphatic rings. The lowest BCUT2D eigenvalue weighted by Crippen LogP contribution is -2.47. The molecule has 120 valence electrons. The van der Waals surface area contributed by atoms with Gasteiger partial charge in [-0.3, -0.25) is 4.79 Å². The zero-order valence-corrected chi connectivity index (χ0v) is 13.5. The van der Waals surface area contributed by atoms with E-state index in [1.807, 2.05) is 17.0 Å². The largest absolute Gasteiger partial charge is 0.356 e. The zero-order valence-electron chi connectivity index (χ0n) is 13.5. The van der Waals surface area contributed by atoms with Gasteiger partial charge >= 0.3 is 0 Å². The molecule has 0 atom stereocenters. The Morgan fingerprint density at radius 3 is 2.36 bits per heavy atom. The highest BCUT2D eigenvalue weighted by Gasteiger charge is 2.25. The van der Waals surface area contributed by atoms with Crippen molar-refractivity contribution in [2.75, 3.05) is 51.2 Å². The number of carbonyl (C=O) groups excluding carboxylic acids is 1. The summed E-state index contributed by atoms with van der Waals surface area (Å²) in [6.45, 7) is 5.55. The molecule has 0 unspecified atom stereocenters. The lowest BCUT2D eigenvalue weighted by atomic mass is 10.2. The lowest BCUT2D eigenvalue weighted by Gasteiger charge is -2.33. The van der Waals surface area contributed by atoms with Crippen molar-refractivity contribution >= 4 is 11.7 Å². The average Bonchev–Trinajstić information content (AvgIpc) is 2.84. The van der Waals surface area contributed by atoms with E-state index in [0.29, 0.717) is 0 Å². The highest BCUT2D eigenvalue weighted by Crippen LogP contribution is 2.23. The Morgan fingerprint density at radius 2 is 1.68 bits per heavy atom. The summed E-state index contributed by atoms with van der Waals surface area (Å²) in [5.41, 5.74) is 0.772. The van der Waals surface area contributed by atoms with Gasteiger partial charge in [-0.2, -0.15) is 0 Å². The number of amides is 1. The van der Waals surface area contributed by atoms with Gasteiger partial charge in [0.15, 0.2) is 0 Å². The number of likely N-dealkylation sites (N-methyl/N-ethyl adjacent to an activating group) is 1. The molecule has 0 saturated carbocycles. The minimum atomic E-state index is 0.139. The molecule has 3 heterocycles. The number of carbonyl (C=O) groups is 1. The fourth-order valence-corrected chi connectivity index (χ4v) is 3.28. The minimum absolute atomic E-state index is 0.139. The van der Waals surface area contributed by atoms with E-state index in [9.17, 15) is 4.79 Å². The summed E-state index contributed by atoms with van der Waals surface area (Å²) in [6.07, 6.45) is 6.76. The van der Waals surface area contributed by atoms with E-state index in [2.05, 4.69) is 21.8 Å². The molecule has 1 aromatic rings. The Hall–Kier alpha value is -1.62. The smallest absolute Gasteiger partial charge is 0.257 e. The molecule has 2 fully saturated rings. The van der Waals surface area contributed by atoms with Crippen LogP contribution >= 0.6 is 0 Å². The van der Waals surface area contributed by atoms with Crippen molar-refractivity contribution in [3.63, 3.8) is 0 Å². The van der Waals surface area contributed by atoms with Crippen molar-refractivity contribution in [1.29, 1.82) is 0 Å². The topological polar surface area (TPSA) is 39.7 Å². The number of hydrogen-bond acceptors (Lipinski definition) is 4. The fraction of sp³-hybridized carbons (Fsp3) is 0.647. The molecule has 0 bridgehead atoms. The van der Waals surface area contributed by atoms with Crippen molar-refractivity contribution in [2.24, 2.45) is 0 Å². The zero-order chi connectivity index (χ0) is 15.4. The molecule has 0 aliphatic carbocycles. The predicted molar refractivity (Wildman–Crippen MR) is 88.3 cm³/mol. The normalized spacial score (nSPS) is 20.8. The van der Waals surface area contributed by atoms with E-state index in [0.717, 1.165) is 50.6 Å². The Morgan fingerprint density at radius 1 is 1.00 bits per heavy atom. The van der Waals surface area contributed by atoms with Gasteiger partial charge in [0.1, 0.15) is 5.82 Å². The van der Waals surface area contributed by atoms with Gasteiger partial charge in [-0.05, 0) is 32.0 Å². The van der Waals surface area contributed by atoms with Gasteiger partial charge in [0.2, 0.25) is 0 Å². The number of nitrogens with zero attached hydrogens (tertiary/aromatic N) is 4. The van der Waals surface area contributed by atoms with Gasteiger partial charge in [0.25, 0.3) is 5.91 Å². The van der Waals surface area contributed by atoms with Gasteiger partial charge in [0, 0.05) is 45.5 Å². The summed E-state index contributed by atoms with van der Waals surface area (Å²) in [6, 6.07) is 3.82. The highest BCUT2D eigenvalue weighted by atomic mass is 16.2. The first-order chi connectivity index (χ1) is 10.8. The second-order valence-corrected chi connectivity index (χ2v) is 6.37. The van der Waals surface area contributed by atoms with Crippen LogP contribution in [0.3, 0.4) is 0 Å². The van der Waals surface area contributed by atoms with Crippen LogP contribution in [0.1, 0.15) is 36.0 Å². The lowest BCUT2D eigenvalue weighted by molar-refractivity contribution is 0.0664. The van der Waals surface area contributed by atoms with Crippen LogP contribution < -0.4 is 4.90 Å². The fourth-order valence-electron chi connectivity index (χ4n) is 3.28. The summed E-state index contributed by atoms with van der Waals surface area (Å²) >= 11 is 0. The van der Waals surface area contributed by atoms with E-state index in [4.69, 9.17) is 0 Å². The summed E-state index contributed by atoms with van der Waals surface area (Å²) in [5.74, 6) is 1.02. The van der Waals surface area contributed by atoms with E-state index in [-0.39, 0.29) is 5.91 Å². The molecule has 0 spiro atoms. The first kappa shape index (κ1) is 15.3. The number of pyridine rings is 1. The maximum atomic E-state index is 12.9. The van der Waals surface area contributed by atoms with Crippen LogP contribution in [0.5, 0.6) is 0 Å². The molecule has 0 radical (unpaired) electrons. The molecule has 3 rings (SSSR count). The van der Waals surface area contributed by atoms with E-state index in [1.165, 1.54) is 25.7 Å². The first-order valence-electron chi connectivity index (χ1n) is 8.43. The molecule has 2 aliphatic heterocycles. The molecule has 0 N–H and O–H groups in total. The van der Waals surface area contributed by atoms with Crippen LogP contribution in [0.2, 0.25) is 0 Å². The third-order valence-electron chi connectivity index (χ3n) is 4.71. The van der Waals surface area contributed by atoms with Crippen molar-refractivity contribution in [2.45, 2.75) is 25.7 Å². The minimum Gasteiger partial charge on any atom is -0.356 e. The quantitative estimate of drug-likeness (QED) is 0.836. The molecular formula is C17H26N4O. The summed E-state index contributed by atoms with van der Waals surface area (Å²) in [7, 11) is 2.11. The summed E-state index contributed by atoms with van der Waals surface area (Å²) < 4.78 is 0. The van der Waals surface area contributed by atoms with E-state index < -0.39 is 0 Å². The van der Waals surface area contributed by atoms with Gasteiger partial charge in [-0.25, -0.2) is 4.98 Å². The first-order valence-corrected chi connectivity index (χ1v) is 8.43. The van der Waals surface area contributed by atoms with Crippen molar-refractivity contribution < 1.29 is 4.79 Å². The Labute approximate surface area is 132 Å². The van der Waals surface area contributed by atoms with Crippen LogP contribution in [0.4, 0.5) is 5.82 Å². The average molecular weight is 302 g/mol. The molecular weight excluding hydrogens is 276 g/mol. The van der Waals surface area contributed by atoms with Crippen LogP contribution in [0.25, 0.3) is 0 Å². The molecule has 1 amide bonds. The second-order valence-electron chi connectivity index (χ2n) is 6.37. The van der Waals surface area contributed by atoms with E-state index >= 15 is 0 Å². The SMILES string of the molecule is CN1CCN(C(=O)c2cccnc2N2CCCCCC2)CC1. The molecule has 22 heavy (non-hydrogen) atoms. The number of rotatable bonds is 2. The molecule has 0 aromatic carbocycles. The number of anilines is 1. The predicted octanol–water partition coefficient (Wildman–Crippen LogP) is 1.85. The number of hydrogen-bond donors (Lipinski definition) is 0. The van der Waals surface area contributed by atoms with E-state index in [1.54, 1.807) is 6.20 Å². The Balaban J connectivity index is 1.79. The highest BCUT2D eigenvalue weighted by molar-refractivity contribution is 5.99. The standard InChI is InChI=1S/C17H26N4O/c1-19-11-13-21(14-12-19)17(22)15-7-6-8-18-16(15)20-9-4-2-3-5-10-20/h6-8H,2-5,9-14H2,1H3. The third kappa shape index (κ3) is 3.40. The van der Waals surface area contributed by atoms with Gasteiger partial charge in [0.05, 0.1) is 5.56 Å². The molecule has 5 heteroatoms. The van der Waals surface area contributed by atoms with Crippen LogP contribution in [0, 0.1) is 0 Å². The molecule has 2 saturated heterocycles. The summed E-state index contributed by atoms with van der Waals surface area (Å²) in [4.78, 5) is 24.0. The maximum absolute atomic E-state index is 12.9. The van der Waals surface area contributed by atoms with Gasteiger partial charge in [-0.1, -0.05) is 12.8 Å². The Bertz CT molecular complexity index is 503. The van der Waals surface area contributed by atoms with Gasteiger partial charge in [-0.15, -0.1) is 0 Å². The van der Waals surface area contributed by atoms with Gasteiger partial charge < -0.3 is 14.7 Å². The number of aromatic nitrogens is 1. The van der Waals surface area contributed by atoms with Crippen molar-refractivity contribution in [3.8, 4) is 0 Å². The molecule has 1 aromatic heterocycles. The third-order valence-corrected chi connectivity index (χ3v) is 4.71. The second kappa shape index (κ2) is 7.09.